The molecule has 5 rings (SSSR count). The van der Waals surface area contributed by atoms with Gasteiger partial charge >= 0.3 is 12.1 Å². The van der Waals surface area contributed by atoms with E-state index in [-0.39, 0.29) is 11.1 Å². The van der Waals surface area contributed by atoms with E-state index in [0.29, 0.717) is 42.1 Å². The fourth-order valence-corrected chi connectivity index (χ4v) is 4.86. The van der Waals surface area contributed by atoms with Gasteiger partial charge in [0.05, 0.1) is 12.8 Å². The van der Waals surface area contributed by atoms with Crippen molar-refractivity contribution in [1.82, 2.24) is 19.6 Å². The van der Waals surface area contributed by atoms with E-state index in [9.17, 15) is 22.4 Å². The van der Waals surface area contributed by atoms with Crippen molar-refractivity contribution in [3.8, 4) is 11.4 Å². The Bertz CT molecular complexity index is 1380. The molecule has 39 heavy (non-hydrogen) atoms. The summed E-state index contributed by atoms with van der Waals surface area (Å²) in [7, 11) is 1.46. The summed E-state index contributed by atoms with van der Waals surface area (Å²) in [6.07, 6.45) is -1.00. The highest BCUT2D eigenvalue weighted by Crippen LogP contribution is 2.38. The summed E-state index contributed by atoms with van der Waals surface area (Å²) in [4.78, 5) is 20.9. The molecule has 1 aromatic heterocycles. The zero-order valence-corrected chi connectivity index (χ0v) is 21.3. The fourth-order valence-electron chi connectivity index (χ4n) is 4.71. The molecule has 2 aliphatic heterocycles. The van der Waals surface area contributed by atoms with Crippen LogP contribution < -0.4 is 10.1 Å². The maximum Gasteiger partial charge on any atom is 0.493 e. The Morgan fingerprint density at radius 3 is 2.59 bits per heavy atom. The minimum atomic E-state index is -5.23. The molecule has 0 aliphatic carbocycles. The number of methoxy groups -OCH3 is 1. The Labute approximate surface area is 225 Å². The molecule has 0 spiro atoms. The first kappa shape index (κ1) is 26.6. The van der Waals surface area contributed by atoms with Crippen LogP contribution in [0.2, 0.25) is 5.15 Å². The van der Waals surface area contributed by atoms with Crippen LogP contribution in [0.25, 0.3) is 5.69 Å². The summed E-state index contributed by atoms with van der Waals surface area (Å²) in [6.45, 7) is 0.414. The van der Waals surface area contributed by atoms with E-state index in [1.165, 1.54) is 25.6 Å². The Kier molecular flexibility index (Phi) is 7.25. The van der Waals surface area contributed by atoms with Crippen LogP contribution in [-0.4, -0.2) is 57.5 Å². The molecular formula is C25H23ClF4N6O3. The number of anilines is 1. The second-order valence-corrected chi connectivity index (χ2v) is 9.36. The number of hydroxylamine groups is 2. The molecule has 2 unspecified atom stereocenters. The van der Waals surface area contributed by atoms with Crippen LogP contribution in [0.3, 0.4) is 0 Å². The van der Waals surface area contributed by atoms with Crippen LogP contribution in [0, 0.1) is 5.82 Å². The van der Waals surface area contributed by atoms with E-state index in [0.717, 1.165) is 11.5 Å². The number of aromatic nitrogens is 2. The first-order valence-electron chi connectivity index (χ1n) is 12.0. The van der Waals surface area contributed by atoms with Crippen molar-refractivity contribution < 1.29 is 31.9 Å². The van der Waals surface area contributed by atoms with Crippen molar-refractivity contribution in [3.05, 3.63) is 71.5 Å². The zero-order chi connectivity index (χ0) is 27.7. The third-order valence-electron chi connectivity index (χ3n) is 6.47. The number of nitrogens with one attached hydrogen (secondary N) is 1. The number of nitrogens with zero attached hydrogens (tertiary/aromatic N) is 5. The van der Waals surface area contributed by atoms with Crippen molar-refractivity contribution in [2.75, 3.05) is 19.0 Å². The molecule has 0 bridgehead atoms. The number of halogens is 5. The third kappa shape index (κ3) is 5.58. The highest BCUT2D eigenvalue weighted by Gasteiger charge is 2.49. The van der Waals surface area contributed by atoms with Crippen molar-refractivity contribution in [2.24, 2.45) is 5.10 Å². The van der Waals surface area contributed by atoms with Crippen molar-refractivity contribution in [2.45, 2.75) is 37.5 Å². The molecular weight excluding hydrogens is 544 g/mol. The average molecular weight is 567 g/mol. The maximum absolute atomic E-state index is 13.6. The summed E-state index contributed by atoms with van der Waals surface area (Å²) in [5.41, 5.74) is 1.70. The minimum absolute atomic E-state index is 0.118. The minimum Gasteiger partial charge on any atom is -0.494 e. The van der Waals surface area contributed by atoms with Gasteiger partial charge in [-0.3, -0.25) is 5.01 Å². The van der Waals surface area contributed by atoms with Gasteiger partial charge in [-0.05, 0) is 42.7 Å². The summed E-state index contributed by atoms with van der Waals surface area (Å²) >= 11 is 5.92. The van der Waals surface area contributed by atoms with E-state index in [1.807, 2.05) is 0 Å². The van der Waals surface area contributed by atoms with E-state index in [2.05, 4.69) is 15.4 Å². The average Bonchev–Trinajstić information content (AvgIpc) is 3.40. The molecule has 3 heterocycles. The molecule has 1 N–H and O–H groups in total. The molecule has 0 saturated carbocycles. The Morgan fingerprint density at radius 1 is 1.15 bits per heavy atom. The lowest BCUT2D eigenvalue weighted by Gasteiger charge is -2.34. The SMILES string of the molecule is COc1cc(NC2=NN3CCCCC(c4ccc(F)cc4)C3N2OC(=O)C(F)(F)F)ccc1-n1cnc(Cl)c1. The first-order chi connectivity index (χ1) is 18.6. The Morgan fingerprint density at radius 2 is 1.92 bits per heavy atom. The smallest absolute Gasteiger partial charge is 0.493 e. The highest BCUT2D eigenvalue weighted by molar-refractivity contribution is 6.29. The number of rotatable bonds is 5. The topological polar surface area (TPSA) is 84.2 Å². The quantitative estimate of drug-likeness (QED) is 0.420. The normalized spacial score (nSPS) is 19.3. The number of carbonyl (C=O) groups is 1. The summed E-state index contributed by atoms with van der Waals surface area (Å²) in [5.74, 6) is -2.96. The molecule has 3 aromatic rings. The molecule has 2 aromatic carbocycles. The first-order valence-corrected chi connectivity index (χ1v) is 12.4. The predicted molar refractivity (Wildman–Crippen MR) is 134 cm³/mol. The fraction of sp³-hybridized carbons (Fsp3) is 0.320. The van der Waals surface area contributed by atoms with Crippen molar-refractivity contribution in [3.63, 3.8) is 0 Å². The maximum atomic E-state index is 13.6. The molecule has 14 heteroatoms. The second kappa shape index (κ2) is 10.6. The number of hydrogen-bond acceptors (Lipinski definition) is 8. The molecule has 206 valence electrons. The number of benzene rings is 2. The molecule has 2 aliphatic rings. The number of guanidine groups is 1. The molecule has 2 atom stereocenters. The van der Waals surface area contributed by atoms with E-state index in [4.69, 9.17) is 21.2 Å². The standard InChI is InChI=1S/C25H23ClF4N6O3/c1-38-20-12-17(9-10-19(20)34-13-21(26)31-14-34)32-24-33-35-11-3-2-4-18(15-5-7-16(27)8-6-15)22(35)36(24)39-23(37)25(28,29)30/h5-10,12-14,18,22H,2-4,11H2,1H3,(H,32,33). The summed E-state index contributed by atoms with van der Waals surface area (Å²) < 4.78 is 60.6. The van der Waals surface area contributed by atoms with Crippen LogP contribution in [0.4, 0.5) is 23.2 Å². The number of ether oxygens (including phenoxy) is 1. The molecule has 0 amide bonds. The molecule has 1 saturated heterocycles. The molecule has 9 nitrogen and oxygen atoms in total. The number of imidazole rings is 1. The second-order valence-electron chi connectivity index (χ2n) is 8.97. The highest BCUT2D eigenvalue weighted by atomic mass is 35.5. The largest absolute Gasteiger partial charge is 0.494 e. The lowest BCUT2D eigenvalue weighted by atomic mass is 9.91. The number of hydrogen-bond donors (Lipinski definition) is 1. The van der Waals surface area contributed by atoms with E-state index in [1.54, 1.807) is 46.1 Å². The third-order valence-corrected chi connectivity index (χ3v) is 6.66. The van der Waals surface area contributed by atoms with Crippen LogP contribution in [0.1, 0.15) is 30.7 Å². The number of carbonyl (C=O) groups excluding carboxylic acids is 1. The number of hydrazone groups is 1. The van der Waals surface area contributed by atoms with Crippen LogP contribution in [0.15, 0.2) is 60.1 Å². The van der Waals surface area contributed by atoms with Gasteiger partial charge in [0.25, 0.3) is 5.96 Å². The van der Waals surface area contributed by atoms with Crippen LogP contribution in [0.5, 0.6) is 5.75 Å². The zero-order valence-electron chi connectivity index (χ0n) is 20.5. The van der Waals surface area contributed by atoms with E-state index < -0.39 is 30.0 Å². The summed E-state index contributed by atoms with van der Waals surface area (Å²) in [6, 6.07) is 10.7. The van der Waals surface area contributed by atoms with Gasteiger partial charge < -0.3 is 19.5 Å². The van der Waals surface area contributed by atoms with Gasteiger partial charge in [0, 0.05) is 30.4 Å². The van der Waals surface area contributed by atoms with Crippen molar-refractivity contribution in [1.29, 1.82) is 0 Å². The molecule has 1 fully saturated rings. The van der Waals surface area contributed by atoms with Gasteiger partial charge in [0.2, 0.25) is 0 Å². The number of alkyl halides is 3. The van der Waals surface area contributed by atoms with Gasteiger partial charge in [0.1, 0.15) is 23.0 Å². The predicted octanol–water partition coefficient (Wildman–Crippen LogP) is 5.29. The van der Waals surface area contributed by atoms with Gasteiger partial charge in [-0.15, -0.1) is 10.2 Å². The van der Waals surface area contributed by atoms with Gasteiger partial charge in [0.15, 0.2) is 6.17 Å². The summed E-state index contributed by atoms with van der Waals surface area (Å²) in [5, 5.41) is 10.2. The Hall–Kier alpha value is -4.00. The lowest BCUT2D eigenvalue weighted by molar-refractivity contribution is -0.235. The Balaban J connectivity index is 1.49. The van der Waals surface area contributed by atoms with Gasteiger partial charge in [-0.25, -0.2) is 14.2 Å². The van der Waals surface area contributed by atoms with Crippen LogP contribution >= 0.6 is 11.6 Å². The monoisotopic (exact) mass is 566 g/mol. The van der Waals surface area contributed by atoms with Crippen LogP contribution in [-0.2, 0) is 9.63 Å². The lowest BCUT2D eigenvalue weighted by Crippen LogP contribution is -2.49. The van der Waals surface area contributed by atoms with E-state index >= 15 is 0 Å². The number of fused-ring (bicyclic) bond motifs is 1. The molecule has 0 radical (unpaired) electrons. The van der Waals surface area contributed by atoms with Gasteiger partial charge in [-0.2, -0.15) is 13.2 Å². The van der Waals surface area contributed by atoms with Gasteiger partial charge in [-0.1, -0.05) is 30.2 Å². The van der Waals surface area contributed by atoms with Crippen molar-refractivity contribution >= 4 is 29.2 Å².